The fourth-order valence-electron chi connectivity index (χ4n) is 1.72. The summed E-state index contributed by atoms with van der Waals surface area (Å²) in [5.74, 6) is 0.678. The predicted molar refractivity (Wildman–Crippen MR) is 100 cm³/mol. The number of hydrogen-bond donors (Lipinski definition) is 3. The van der Waals surface area contributed by atoms with Gasteiger partial charge in [0.15, 0.2) is 5.96 Å². The molecule has 148 valence electrons. The maximum Gasteiger partial charge on any atom is 0.408 e. The Kier molecular flexibility index (Phi) is 11.2. The van der Waals surface area contributed by atoms with Crippen molar-refractivity contribution in [2.75, 3.05) is 46.6 Å². The Morgan fingerprint density at radius 1 is 1.04 bits per heavy atom. The molecule has 0 aliphatic heterocycles. The number of carbonyl (C=O) groups is 1. The Bertz CT molecular complexity index is 406. The highest BCUT2D eigenvalue weighted by atomic mass is 16.6. The van der Waals surface area contributed by atoms with Gasteiger partial charge in [-0.2, -0.15) is 0 Å². The van der Waals surface area contributed by atoms with Crippen molar-refractivity contribution in [1.82, 2.24) is 16.0 Å². The number of amides is 1. The predicted octanol–water partition coefficient (Wildman–Crippen LogP) is 1.51. The zero-order valence-electron chi connectivity index (χ0n) is 16.8. The number of methoxy groups -OCH3 is 1. The van der Waals surface area contributed by atoms with Crippen LogP contribution in [-0.2, 0) is 14.2 Å². The van der Waals surface area contributed by atoms with E-state index in [0.29, 0.717) is 38.9 Å². The maximum atomic E-state index is 11.9. The number of nitrogens with one attached hydrogen (secondary N) is 3. The van der Waals surface area contributed by atoms with E-state index in [-0.39, 0.29) is 0 Å². The molecule has 0 unspecified atom stereocenters. The summed E-state index contributed by atoms with van der Waals surface area (Å²) in [5.41, 5.74) is -1.05. The van der Waals surface area contributed by atoms with Crippen LogP contribution >= 0.6 is 0 Å². The monoisotopic (exact) mass is 360 g/mol. The van der Waals surface area contributed by atoms with Crippen LogP contribution in [0.3, 0.4) is 0 Å². The molecular weight excluding hydrogens is 324 g/mol. The fraction of sp³-hybridized carbons (Fsp3) is 0.882. The normalized spacial score (nSPS) is 12.7. The summed E-state index contributed by atoms with van der Waals surface area (Å²) in [7, 11) is 1.64. The summed E-state index contributed by atoms with van der Waals surface area (Å²) >= 11 is 0. The summed E-state index contributed by atoms with van der Waals surface area (Å²) in [6.07, 6.45) is -0.447. The smallest absolute Gasteiger partial charge is 0.408 e. The molecule has 0 aliphatic rings. The summed E-state index contributed by atoms with van der Waals surface area (Å²) in [6.45, 7) is 14.8. The number of rotatable bonds is 10. The SMILES string of the molecule is CCNC(=NCC(C)(C)NC(=O)OC(C)(C)C)NCCOCCOC. The number of ether oxygens (including phenoxy) is 3. The van der Waals surface area contributed by atoms with Crippen molar-refractivity contribution in [3.05, 3.63) is 0 Å². The molecule has 8 heteroatoms. The molecule has 8 nitrogen and oxygen atoms in total. The molecule has 0 bridgehead atoms. The molecule has 0 atom stereocenters. The summed E-state index contributed by atoms with van der Waals surface area (Å²) < 4.78 is 15.6. The number of aliphatic imine (C=N–C) groups is 1. The highest BCUT2D eigenvalue weighted by Crippen LogP contribution is 2.09. The number of guanidine groups is 1. The summed E-state index contributed by atoms with van der Waals surface area (Å²) in [6, 6.07) is 0. The van der Waals surface area contributed by atoms with E-state index in [1.165, 1.54) is 0 Å². The van der Waals surface area contributed by atoms with Gasteiger partial charge >= 0.3 is 6.09 Å². The van der Waals surface area contributed by atoms with Crippen molar-refractivity contribution >= 4 is 12.1 Å². The molecular formula is C17H36N4O4. The van der Waals surface area contributed by atoms with Crippen molar-refractivity contribution in [3.8, 4) is 0 Å². The van der Waals surface area contributed by atoms with E-state index in [0.717, 1.165) is 6.54 Å². The molecule has 0 aromatic carbocycles. The largest absolute Gasteiger partial charge is 0.444 e. The van der Waals surface area contributed by atoms with Gasteiger partial charge in [-0.05, 0) is 41.5 Å². The van der Waals surface area contributed by atoms with E-state index in [1.54, 1.807) is 7.11 Å². The Hall–Kier alpha value is -1.54. The van der Waals surface area contributed by atoms with Crippen LogP contribution in [0.25, 0.3) is 0 Å². The molecule has 0 aromatic rings. The molecule has 0 heterocycles. The minimum Gasteiger partial charge on any atom is -0.444 e. The molecule has 0 fully saturated rings. The second-order valence-electron chi connectivity index (χ2n) is 7.24. The highest BCUT2D eigenvalue weighted by molar-refractivity contribution is 5.79. The second kappa shape index (κ2) is 11.9. The number of hydrogen-bond acceptors (Lipinski definition) is 5. The molecule has 25 heavy (non-hydrogen) atoms. The van der Waals surface area contributed by atoms with Crippen LogP contribution in [0.5, 0.6) is 0 Å². The average Bonchev–Trinajstić information content (AvgIpc) is 2.45. The zero-order chi connectivity index (χ0) is 19.3. The topological polar surface area (TPSA) is 93.2 Å². The van der Waals surface area contributed by atoms with Crippen molar-refractivity contribution in [1.29, 1.82) is 0 Å². The first-order valence-electron chi connectivity index (χ1n) is 8.69. The summed E-state index contributed by atoms with van der Waals surface area (Å²) in [5, 5.41) is 9.19. The Morgan fingerprint density at radius 3 is 2.28 bits per heavy atom. The van der Waals surface area contributed by atoms with E-state index in [4.69, 9.17) is 14.2 Å². The standard InChI is InChI=1S/C17H36N4O4/c1-8-18-14(19-9-10-24-12-11-23-7)20-13-17(5,6)21-15(22)25-16(2,3)4/h8-13H2,1-7H3,(H,21,22)(H2,18,19,20). The van der Waals surface area contributed by atoms with Crippen molar-refractivity contribution in [3.63, 3.8) is 0 Å². The first-order chi connectivity index (χ1) is 11.6. The highest BCUT2D eigenvalue weighted by Gasteiger charge is 2.24. The van der Waals surface area contributed by atoms with Gasteiger partial charge in [-0.1, -0.05) is 0 Å². The molecule has 0 spiro atoms. The van der Waals surface area contributed by atoms with Crippen LogP contribution in [0.4, 0.5) is 4.79 Å². The third-order valence-electron chi connectivity index (χ3n) is 2.79. The fourth-order valence-corrected chi connectivity index (χ4v) is 1.72. The molecule has 0 aromatic heterocycles. The van der Waals surface area contributed by atoms with Crippen LogP contribution in [0.1, 0.15) is 41.5 Å². The third kappa shape index (κ3) is 14.5. The first-order valence-corrected chi connectivity index (χ1v) is 8.69. The van der Waals surface area contributed by atoms with Crippen molar-refractivity contribution < 1.29 is 19.0 Å². The van der Waals surface area contributed by atoms with Gasteiger partial charge in [0, 0.05) is 20.2 Å². The molecule has 0 rings (SSSR count). The number of carbonyl (C=O) groups excluding carboxylic acids is 1. The van der Waals surface area contributed by atoms with Gasteiger partial charge in [0.05, 0.1) is 31.9 Å². The lowest BCUT2D eigenvalue weighted by Crippen LogP contribution is -2.49. The Balaban J connectivity index is 4.38. The third-order valence-corrected chi connectivity index (χ3v) is 2.79. The van der Waals surface area contributed by atoms with E-state index in [9.17, 15) is 4.79 Å². The van der Waals surface area contributed by atoms with Gasteiger partial charge < -0.3 is 30.2 Å². The minimum atomic E-state index is -0.528. The quantitative estimate of drug-likeness (QED) is 0.311. The molecule has 0 aliphatic carbocycles. The minimum absolute atomic E-state index is 0.409. The van der Waals surface area contributed by atoms with Crippen LogP contribution in [0.2, 0.25) is 0 Å². The Morgan fingerprint density at radius 2 is 1.72 bits per heavy atom. The van der Waals surface area contributed by atoms with Gasteiger partial charge in [0.25, 0.3) is 0 Å². The van der Waals surface area contributed by atoms with Gasteiger partial charge in [0.2, 0.25) is 0 Å². The van der Waals surface area contributed by atoms with Crippen molar-refractivity contribution in [2.24, 2.45) is 4.99 Å². The molecule has 0 saturated carbocycles. The first kappa shape index (κ1) is 23.5. The van der Waals surface area contributed by atoms with Gasteiger partial charge in [-0.25, -0.2) is 4.79 Å². The Labute approximate surface area is 152 Å². The number of alkyl carbamates (subject to hydrolysis) is 1. The number of nitrogens with zero attached hydrogens (tertiary/aromatic N) is 1. The second-order valence-corrected chi connectivity index (χ2v) is 7.24. The van der Waals surface area contributed by atoms with Crippen molar-refractivity contribution in [2.45, 2.75) is 52.7 Å². The van der Waals surface area contributed by atoms with Gasteiger partial charge in [-0.15, -0.1) is 0 Å². The van der Waals surface area contributed by atoms with Crippen LogP contribution < -0.4 is 16.0 Å². The maximum absolute atomic E-state index is 11.9. The van der Waals surface area contributed by atoms with E-state index < -0.39 is 17.2 Å². The van der Waals surface area contributed by atoms with E-state index >= 15 is 0 Å². The lowest BCUT2D eigenvalue weighted by Gasteiger charge is -2.27. The zero-order valence-corrected chi connectivity index (χ0v) is 16.8. The van der Waals surface area contributed by atoms with Gasteiger partial charge in [-0.3, -0.25) is 4.99 Å². The lowest BCUT2D eigenvalue weighted by atomic mass is 10.1. The summed E-state index contributed by atoms with van der Waals surface area (Å²) in [4.78, 5) is 16.4. The average molecular weight is 360 g/mol. The molecule has 0 radical (unpaired) electrons. The van der Waals surface area contributed by atoms with Crippen LogP contribution in [0.15, 0.2) is 4.99 Å². The van der Waals surface area contributed by atoms with Gasteiger partial charge in [0.1, 0.15) is 5.60 Å². The molecule has 1 amide bonds. The van der Waals surface area contributed by atoms with E-state index in [2.05, 4.69) is 20.9 Å². The lowest BCUT2D eigenvalue weighted by molar-refractivity contribution is 0.0476. The molecule has 0 saturated heterocycles. The van der Waals surface area contributed by atoms with Crippen LogP contribution in [0, 0.1) is 0 Å². The van der Waals surface area contributed by atoms with Crippen LogP contribution in [-0.4, -0.2) is 69.8 Å². The van der Waals surface area contributed by atoms with E-state index in [1.807, 2.05) is 41.5 Å². The molecule has 3 N–H and O–H groups in total.